The summed E-state index contributed by atoms with van der Waals surface area (Å²) in [6, 6.07) is 73.2. The monoisotopic (exact) mass is 1170 g/mol. The van der Waals surface area contributed by atoms with Crippen LogP contribution in [-0.4, -0.2) is 9.55 Å². The number of nitrogens with zero attached hydrogens (tertiary/aromatic N) is 4. The molecule has 0 saturated carbocycles. The van der Waals surface area contributed by atoms with E-state index >= 15 is 0 Å². The molecular formula is C70H67N4OPt-3. The smallest absolute Gasteiger partial charge is 0.135 e. The third-order valence-corrected chi connectivity index (χ3v) is 15.7. The summed E-state index contributed by atoms with van der Waals surface area (Å²) in [7, 11) is 0. The molecule has 0 unspecified atom stereocenters. The van der Waals surface area contributed by atoms with Crippen LogP contribution in [0.25, 0.3) is 38.8 Å². The van der Waals surface area contributed by atoms with E-state index in [2.05, 4.69) is 279 Å². The molecule has 0 aliphatic carbocycles. The summed E-state index contributed by atoms with van der Waals surface area (Å²) in [5.41, 5.74) is 17.0. The molecule has 1 aliphatic heterocycles. The summed E-state index contributed by atoms with van der Waals surface area (Å²) in [5.74, 6) is 2.73. The molecule has 5 nitrogen and oxygen atoms in total. The van der Waals surface area contributed by atoms with Crippen LogP contribution >= 0.6 is 0 Å². The van der Waals surface area contributed by atoms with Gasteiger partial charge in [0, 0.05) is 72.2 Å². The molecule has 10 aromatic rings. The van der Waals surface area contributed by atoms with Gasteiger partial charge in [0.15, 0.2) is 0 Å². The predicted molar refractivity (Wildman–Crippen MR) is 314 cm³/mol. The SMILES string of the molecule is CC(C)c1cccc(C(C)C)c1-c1ccc2c(c1)N(c1[c-]c(Oc3[c-]c4c(cc3)c3cc(C(C)(C)C)ccc3n4-c3cc(C(C)(C)c4ccccc4)ccn3)ccc1)[CH-]N2c1cccc(C(C)(C)c2ccccc2)c1.[Pt]. The fraction of sp³-hybridized carbons (Fsp3) is 0.229. The Bertz CT molecular complexity index is 3710. The number of hydrogen-bond donors (Lipinski definition) is 0. The molecule has 0 atom stereocenters. The summed E-state index contributed by atoms with van der Waals surface area (Å²) in [6.45, 7) is 27.3. The molecule has 11 rings (SSSR count). The van der Waals surface area contributed by atoms with Crippen molar-refractivity contribution in [2.45, 2.75) is 104 Å². The van der Waals surface area contributed by atoms with Gasteiger partial charge < -0.3 is 19.1 Å². The Morgan fingerprint density at radius 2 is 1.12 bits per heavy atom. The van der Waals surface area contributed by atoms with E-state index in [4.69, 9.17) is 9.72 Å². The average molecular weight is 1180 g/mol. The van der Waals surface area contributed by atoms with Gasteiger partial charge in [-0.1, -0.05) is 191 Å². The predicted octanol–water partition coefficient (Wildman–Crippen LogP) is 18.8. The Morgan fingerprint density at radius 3 is 1.78 bits per heavy atom. The van der Waals surface area contributed by atoms with E-state index in [1.807, 2.05) is 18.3 Å². The van der Waals surface area contributed by atoms with Gasteiger partial charge in [0.05, 0.1) is 0 Å². The Balaban J connectivity index is 0.00000657. The van der Waals surface area contributed by atoms with Gasteiger partial charge in [-0.3, -0.25) is 0 Å². The maximum Gasteiger partial charge on any atom is 0.135 e. The molecule has 76 heavy (non-hydrogen) atoms. The summed E-state index contributed by atoms with van der Waals surface area (Å²) in [4.78, 5) is 9.62. The number of benzene rings is 8. The zero-order chi connectivity index (χ0) is 52.4. The molecule has 2 aromatic heterocycles. The second kappa shape index (κ2) is 20.4. The first-order valence-electron chi connectivity index (χ1n) is 26.6. The van der Waals surface area contributed by atoms with Crippen molar-refractivity contribution in [3.8, 4) is 28.4 Å². The van der Waals surface area contributed by atoms with Crippen molar-refractivity contribution in [3.63, 3.8) is 0 Å². The van der Waals surface area contributed by atoms with E-state index in [-0.39, 0.29) is 37.3 Å². The number of rotatable bonds is 12. The van der Waals surface area contributed by atoms with Crippen LogP contribution in [0.3, 0.4) is 0 Å². The van der Waals surface area contributed by atoms with Crippen LogP contribution in [0.4, 0.5) is 22.7 Å². The third kappa shape index (κ3) is 9.57. The number of aromatic nitrogens is 2. The van der Waals surface area contributed by atoms with Gasteiger partial charge in [-0.2, -0.15) is 12.1 Å². The van der Waals surface area contributed by atoms with Gasteiger partial charge in [-0.25, -0.2) is 4.98 Å². The quantitative estimate of drug-likeness (QED) is 0.114. The Labute approximate surface area is 465 Å². The Kier molecular flexibility index (Phi) is 14.0. The molecule has 0 N–H and O–H groups in total. The molecule has 6 heteroatoms. The maximum atomic E-state index is 6.86. The zero-order valence-corrected chi connectivity index (χ0v) is 47.9. The molecule has 0 bridgehead atoms. The van der Waals surface area contributed by atoms with Gasteiger partial charge >= 0.3 is 0 Å². The topological polar surface area (TPSA) is 33.5 Å². The van der Waals surface area contributed by atoms with Gasteiger partial charge in [0.1, 0.15) is 5.82 Å². The minimum Gasteiger partial charge on any atom is -0.509 e. The van der Waals surface area contributed by atoms with Gasteiger partial charge in [0.25, 0.3) is 0 Å². The normalized spacial score (nSPS) is 13.0. The van der Waals surface area contributed by atoms with Crippen molar-refractivity contribution in [3.05, 3.63) is 246 Å². The molecule has 0 amide bonds. The first-order valence-corrected chi connectivity index (χ1v) is 26.6. The molecular weight excluding hydrogens is 1110 g/mol. The van der Waals surface area contributed by atoms with Crippen LogP contribution in [-0.2, 0) is 37.3 Å². The van der Waals surface area contributed by atoms with Crippen molar-refractivity contribution in [2.24, 2.45) is 0 Å². The fourth-order valence-corrected chi connectivity index (χ4v) is 11.1. The van der Waals surface area contributed by atoms with Crippen LogP contribution in [0.1, 0.15) is 127 Å². The van der Waals surface area contributed by atoms with E-state index in [9.17, 15) is 0 Å². The maximum absolute atomic E-state index is 6.86. The minimum atomic E-state index is -0.249. The fourth-order valence-electron chi connectivity index (χ4n) is 11.1. The van der Waals surface area contributed by atoms with Crippen LogP contribution < -0.4 is 14.5 Å². The number of hydrogen-bond acceptors (Lipinski definition) is 4. The number of ether oxygens (including phenoxy) is 1. The van der Waals surface area contributed by atoms with Gasteiger partial charge in [0.2, 0.25) is 0 Å². The van der Waals surface area contributed by atoms with Crippen LogP contribution in [0.2, 0.25) is 0 Å². The standard InChI is InChI=1S/C70H67N4O.Pt/c1-46(2)58-29-20-30-59(47(3)4)67(58)48-31-35-63-65(39-48)73(45-72(63)54-26-18-25-52(40-54)69(8,9)49-21-14-12-15-22-49)55-27-19-28-56(43-55)75-57-33-34-60-61-41-51(68(5,6)7)32-36-62(61)74(64(60)44-57)66-42-53(37-38-71-66)70(10,11)50-23-16-13-17-24-50;/h12-42,45-47H,1-11H3;/q-3;. The van der Waals surface area contributed by atoms with Gasteiger partial charge in [-0.05, 0) is 115 Å². The molecule has 386 valence electrons. The molecule has 0 radical (unpaired) electrons. The summed E-state index contributed by atoms with van der Waals surface area (Å²) < 4.78 is 9.11. The number of pyridine rings is 1. The summed E-state index contributed by atoms with van der Waals surface area (Å²) >= 11 is 0. The van der Waals surface area contributed by atoms with E-state index in [1.54, 1.807) is 0 Å². The van der Waals surface area contributed by atoms with E-state index in [1.165, 1.54) is 50.1 Å². The average Bonchev–Trinajstić information content (AvgIpc) is 4.00. The summed E-state index contributed by atoms with van der Waals surface area (Å²) in [5, 5.41) is 2.24. The molecule has 3 heterocycles. The number of anilines is 4. The Morgan fingerprint density at radius 1 is 0.500 bits per heavy atom. The summed E-state index contributed by atoms with van der Waals surface area (Å²) in [6.07, 6.45) is 1.93. The first-order chi connectivity index (χ1) is 36.0. The third-order valence-electron chi connectivity index (χ3n) is 15.7. The van der Waals surface area contributed by atoms with Crippen molar-refractivity contribution < 1.29 is 25.8 Å². The van der Waals surface area contributed by atoms with Crippen molar-refractivity contribution in [2.75, 3.05) is 9.80 Å². The Hall–Kier alpha value is -7.20. The minimum absolute atomic E-state index is 0. The second-order valence-electron chi connectivity index (χ2n) is 23.0. The second-order valence-corrected chi connectivity index (χ2v) is 23.0. The molecule has 0 fully saturated rings. The molecule has 0 saturated heterocycles. The zero-order valence-electron chi connectivity index (χ0n) is 45.6. The van der Waals surface area contributed by atoms with E-state index in [0.717, 1.165) is 50.4 Å². The molecule has 0 spiro atoms. The largest absolute Gasteiger partial charge is 0.509 e. The number of fused-ring (bicyclic) bond motifs is 4. The van der Waals surface area contributed by atoms with E-state index < -0.39 is 0 Å². The first kappa shape index (κ1) is 52.2. The molecule has 1 aliphatic rings. The van der Waals surface area contributed by atoms with Crippen LogP contribution in [0, 0.1) is 18.8 Å². The van der Waals surface area contributed by atoms with Crippen molar-refractivity contribution >= 4 is 44.6 Å². The van der Waals surface area contributed by atoms with Crippen LogP contribution in [0.15, 0.2) is 188 Å². The van der Waals surface area contributed by atoms with E-state index in [0.29, 0.717) is 23.3 Å². The van der Waals surface area contributed by atoms with Gasteiger partial charge in [-0.15, -0.1) is 48.1 Å². The van der Waals surface area contributed by atoms with Crippen LogP contribution in [0.5, 0.6) is 11.5 Å². The van der Waals surface area contributed by atoms with Crippen molar-refractivity contribution in [1.29, 1.82) is 0 Å². The molecule has 8 aromatic carbocycles. The van der Waals surface area contributed by atoms with Crippen molar-refractivity contribution in [1.82, 2.24) is 9.55 Å².